The summed E-state index contributed by atoms with van der Waals surface area (Å²) < 4.78 is 10.0. The van der Waals surface area contributed by atoms with Crippen LogP contribution in [0.15, 0.2) is 30.5 Å². The van der Waals surface area contributed by atoms with Crippen LogP contribution in [-0.4, -0.2) is 54.7 Å². The van der Waals surface area contributed by atoms with Crippen molar-refractivity contribution < 1.29 is 19.1 Å². The minimum Gasteiger partial charge on any atom is -0.467 e. The first kappa shape index (κ1) is 13.6. The van der Waals surface area contributed by atoms with Crippen LogP contribution in [0.25, 0.3) is 10.9 Å². The molecular formula is C15H16N2O4. The second-order valence-electron chi connectivity index (χ2n) is 4.88. The van der Waals surface area contributed by atoms with Crippen molar-refractivity contribution in [1.29, 1.82) is 0 Å². The van der Waals surface area contributed by atoms with Gasteiger partial charge >= 0.3 is 5.97 Å². The van der Waals surface area contributed by atoms with Gasteiger partial charge in [0.05, 0.1) is 25.8 Å². The highest BCUT2D eigenvalue weighted by molar-refractivity contribution is 6.06. The number of fused-ring (bicyclic) bond motifs is 1. The number of para-hydroxylation sites is 1. The number of carbonyl (C=O) groups excluding carboxylic acids is 2. The van der Waals surface area contributed by atoms with Gasteiger partial charge in [0.25, 0.3) is 5.91 Å². The molecular weight excluding hydrogens is 272 g/mol. The van der Waals surface area contributed by atoms with Gasteiger partial charge < -0.3 is 19.4 Å². The van der Waals surface area contributed by atoms with Crippen molar-refractivity contribution in [3.63, 3.8) is 0 Å². The Balaban J connectivity index is 1.83. The predicted molar refractivity (Wildman–Crippen MR) is 76.0 cm³/mol. The highest BCUT2D eigenvalue weighted by atomic mass is 16.6. The van der Waals surface area contributed by atoms with Gasteiger partial charge in [0.1, 0.15) is 0 Å². The van der Waals surface area contributed by atoms with E-state index in [1.54, 1.807) is 11.1 Å². The minimum absolute atomic E-state index is 0.107. The Hall–Kier alpha value is -2.34. The number of benzene rings is 1. The molecule has 1 fully saturated rings. The molecule has 1 saturated heterocycles. The molecule has 1 atom stereocenters. The van der Waals surface area contributed by atoms with E-state index in [4.69, 9.17) is 4.74 Å². The Labute approximate surface area is 121 Å². The Bertz CT molecular complexity index is 679. The number of nitrogens with zero attached hydrogens (tertiary/aromatic N) is 1. The van der Waals surface area contributed by atoms with Crippen molar-refractivity contribution in [3.05, 3.63) is 36.0 Å². The van der Waals surface area contributed by atoms with Crippen molar-refractivity contribution in [2.75, 3.05) is 26.8 Å². The smallest absolute Gasteiger partial charge is 0.336 e. The van der Waals surface area contributed by atoms with Crippen LogP contribution in [0.4, 0.5) is 0 Å². The Kier molecular flexibility index (Phi) is 3.62. The monoisotopic (exact) mass is 288 g/mol. The molecule has 1 aliphatic heterocycles. The van der Waals surface area contributed by atoms with Crippen molar-refractivity contribution >= 4 is 22.8 Å². The highest BCUT2D eigenvalue weighted by Crippen LogP contribution is 2.20. The molecule has 0 aliphatic carbocycles. The van der Waals surface area contributed by atoms with Gasteiger partial charge in [0.2, 0.25) is 0 Å². The second kappa shape index (κ2) is 5.57. The number of hydrogen-bond acceptors (Lipinski definition) is 4. The first-order valence-corrected chi connectivity index (χ1v) is 6.75. The molecule has 1 aliphatic rings. The summed E-state index contributed by atoms with van der Waals surface area (Å²) in [5.74, 6) is -0.559. The fraction of sp³-hybridized carbons (Fsp3) is 0.333. The molecule has 21 heavy (non-hydrogen) atoms. The zero-order valence-corrected chi connectivity index (χ0v) is 11.7. The molecule has 0 spiro atoms. The van der Waals surface area contributed by atoms with E-state index >= 15 is 0 Å². The van der Waals surface area contributed by atoms with Gasteiger partial charge in [-0.3, -0.25) is 4.79 Å². The van der Waals surface area contributed by atoms with Gasteiger partial charge in [-0.05, 0) is 6.07 Å². The van der Waals surface area contributed by atoms with Crippen LogP contribution in [0, 0.1) is 0 Å². The first-order chi connectivity index (χ1) is 10.2. The van der Waals surface area contributed by atoms with Crippen LogP contribution in [-0.2, 0) is 14.3 Å². The molecule has 6 nitrogen and oxygen atoms in total. The van der Waals surface area contributed by atoms with Gasteiger partial charge in [-0.1, -0.05) is 18.2 Å². The molecule has 0 saturated carbocycles. The molecule has 1 amide bonds. The summed E-state index contributed by atoms with van der Waals surface area (Å²) >= 11 is 0. The topological polar surface area (TPSA) is 71.6 Å². The van der Waals surface area contributed by atoms with Gasteiger partial charge in [-0.25, -0.2) is 4.79 Å². The van der Waals surface area contributed by atoms with Crippen LogP contribution < -0.4 is 0 Å². The summed E-state index contributed by atoms with van der Waals surface area (Å²) in [5.41, 5.74) is 1.52. The quantitative estimate of drug-likeness (QED) is 0.842. The highest BCUT2D eigenvalue weighted by Gasteiger charge is 2.31. The van der Waals surface area contributed by atoms with E-state index in [9.17, 15) is 9.59 Å². The molecule has 1 aromatic heterocycles. The Morgan fingerprint density at radius 2 is 2.19 bits per heavy atom. The number of nitrogens with one attached hydrogen (secondary N) is 1. The number of aromatic nitrogens is 1. The summed E-state index contributed by atoms with van der Waals surface area (Å²) in [5, 5.41) is 0.878. The number of carbonyl (C=O) groups is 2. The minimum atomic E-state index is -0.710. The van der Waals surface area contributed by atoms with E-state index in [0.29, 0.717) is 18.7 Å². The lowest BCUT2D eigenvalue weighted by molar-refractivity contribution is -0.158. The Morgan fingerprint density at radius 1 is 1.38 bits per heavy atom. The number of morpholine rings is 1. The zero-order chi connectivity index (χ0) is 14.8. The lowest BCUT2D eigenvalue weighted by atomic mass is 10.1. The van der Waals surface area contributed by atoms with E-state index in [1.807, 2.05) is 24.3 Å². The predicted octanol–water partition coefficient (Wildman–Crippen LogP) is 1.18. The number of aromatic amines is 1. The second-order valence-corrected chi connectivity index (χ2v) is 4.88. The number of ether oxygens (including phenoxy) is 2. The molecule has 2 heterocycles. The molecule has 1 unspecified atom stereocenters. The number of hydrogen-bond donors (Lipinski definition) is 1. The van der Waals surface area contributed by atoms with E-state index in [-0.39, 0.29) is 12.5 Å². The summed E-state index contributed by atoms with van der Waals surface area (Å²) in [7, 11) is 1.31. The van der Waals surface area contributed by atoms with E-state index in [2.05, 4.69) is 9.72 Å². The van der Waals surface area contributed by atoms with E-state index in [0.717, 1.165) is 10.9 Å². The maximum Gasteiger partial charge on any atom is 0.336 e. The number of esters is 1. The summed E-state index contributed by atoms with van der Waals surface area (Å²) in [6, 6.07) is 7.62. The fourth-order valence-corrected chi connectivity index (χ4v) is 2.53. The maximum absolute atomic E-state index is 12.6. The largest absolute Gasteiger partial charge is 0.467 e. The molecule has 1 aromatic carbocycles. The van der Waals surface area contributed by atoms with E-state index in [1.165, 1.54) is 7.11 Å². The van der Waals surface area contributed by atoms with E-state index < -0.39 is 12.1 Å². The molecule has 2 aromatic rings. The van der Waals surface area contributed by atoms with Gasteiger partial charge in [-0.2, -0.15) is 0 Å². The van der Waals surface area contributed by atoms with Crippen molar-refractivity contribution in [2.24, 2.45) is 0 Å². The average Bonchev–Trinajstić information content (AvgIpc) is 2.97. The third-order valence-electron chi connectivity index (χ3n) is 3.64. The lowest BCUT2D eigenvalue weighted by Crippen LogP contribution is -2.48. The van der Waals surface area contributed by atoms with Gasteiger partial charge in [-0.15, -0.1) is 0 Å². The molecule has 0 bridgehead atoms. The average molecular weight is 288 g/mol. The van der Waals surface area contributed by atoms with Crippen molar-refractivity contribution in [2.45, 2.75) is 6.10 Å². The normalized spacial score (nSPS) is 18.7. The third kappa shape index (κ3) is 2.50. The van der Waals surface area contributed by atoms with Crippen molar-refractivity contribution in [3.8, 4) is 0 Å². The van der Waals surface area contributed by atoms with Gasteiger partial charge in [0, 0.05) is 23.6 Å². The van der Waals surface area contributed by atoms with Crippen LogP contribution in [0.2, 0.25) is 0 Å². The lowest BCUT2D eigenvalue weighted by Gasteiger charge is -2.31. The van der Waals surface area contributed by atoms with Crippen LogP contribution in [0.3, 0.4) is 0 Å². The summed E-state index contributed by atoms with van der Waals surface area (Å²) in [6.07, 6.45) is 0.994. The summed E-state index contributed by atoms with van der Waals surface area (Å²) in [6.45, 7) is 1.00. The third-order valence-corrected chi connectivity index (χ3v) is 3.64. The van der Waals surface area contributed by atoms with Crippen molar-refractivity contribution in [1.82, 2.24) is 9.88 Å². The Morgan fingerprint density at radius 3 is 3.00 bits per heavy atom. The molecule has 1 N–H and O–H groups in total. The van der Waals surface area contributed by atoms with Crippen LogP contribution in [0.5, 0.6) is 0 Å². The maximum atomic E-state index is 12.6. The zero-order valence-electron chi connectivity index (χ0n) is 11.7. The number of H-pyrrole nitrogens is 1. The molecule has 6 heteroatoms. The number of rotatable bonds is 2. The number of methoxy groups -OCH3 is 1. The molecule has 110 valence electrons. The molecule has 0 radical (unpaired) electrons. The molecule has 3 rings (SSSR count). The van der Waals surface area contributed by atoms with Crippen LogP contribution >= 0.6 is 0 Å². The SMILES string of the molecule is COC(=O)C1CN(C(=O)c2c[nH]c3ccccc23)CCO1. The first-order valence-electron chi connectivity index (χ1n) is 6.75. The summed E-state index contributed by atoms with van der Waals surface area (Å²) in [4.78, 5) is 28.9. The van der Waals surface area contributed by atoms with Gasteiger partial charge in [0.15, 0.2) is 6.10 Å². The van der Waals surface area contributed by atoms with Crippen LogP contribution in [0.1, 0.15) is 10.4 Å². The standard InChI is InChI=1S/C15H16N2O4/c1-20-15(19)13-9-17(6-7-21-13)14(18)11-8-16-12-5-3-2-4-10(11)12/h2-5,8,13,16H,6-7,9H2,1H3. The number of amides is 1. The fourth-order valence-electron chi connectivity index (χ4n) is 2.53.